The van der Waals surface area contributed by atoms with Crippen LogP contribution in [0, 0.1) is 12.3 Å². The van der Waals surface area contributed by atoms with Gasteiger partial charge < -0.3 is 5.73 Å². The van der Waals surface area contributed by atoms with E-state index in [1.807, 2.05) is 24.3 Å². The first-order chi connectivity index (χ1) is 8.22. The SMILES string of the molecule is C#CC(CCC)NC(CN)c1ccccc1Cl. The first kappa shape index (κ1) is 14.1. The molecule has 0 aliphatic heterocycles. The molecule has 2 unspecified atom stereocenters. The molecule has 0 radical (unpaired) electrons. The van der Waals surface area contributed by atoms with Gasteiger partial charge in [0.1, 0.15) is 0 Å². The molecule has 0 aliphatic rings. The lowest BCUT2D eigenvalue weighted by Crippen LogP contribution is -2.36. The van der Waals surface area contributed by atoms with Crippen LogP contribution in [0.25, 0.3) is 0 Å². The van der Waals surface area contributed by atoms with E-state index in [4.69, 9.17) is 23.8 Å². The summed E-state index contributed by atoms with van der Waals surface area (Å²) in [4.78, 5) is 0. The van der Waals surface area contributed by atoms with Gasteiger partial charge in [0, 0.05) is 17.6 Å². The Kier molecular flexibility index (Phi) is 6.07. The molecule has 0 fully saturated rings. The standard InChI is InChI=1S/C14H19ClN2/c1-3-7-11(4-2)17-14(10-16)12-8-5-6-9-13(12)15/h2,5-6,8-9,11,14,17H,3,7,10,16H2,1H3. The highest BCUT2D eigenvalue weighted by atomic mass is 35.5. The lowest BCUT2D eigenvalue weighted by atomic mass is 10.0. The van der Waals surface area contributed by atoms with Crippen LogP contribution in [-0.2, 0) is 0 Å². The van der Waals surface area contributed by atoms with E-state index >= 15 is 0 Å². The molecule has 2 atom stereocenters. The van der Waals surface area contributed by atoms with E-state index in [2.05, 4.69) is 18.2 Å². The predicted octanol–water partition coefficient (Wildman–Crippen LogP) is 2.73. The van der Waals surface area contributed by atoms with Crippen molar-refractivity contribution in [3.63, 3.8) is 0 Å². The molecule has 0 amide bonds. The third-order valence-electron chi connectivity index (χ3n) is 2.70. The monoisotopic (exact) mass is 250 g/mol. The first-order valence-corrected chi connectivity index (χ1v) is 6.27. The van der Waals surface area contributed by atoms with Gasteiger partial charge in [-0.3, -0.25) is 5.32 Å². The number of halogens is 1. The molecular weight excluding hydrogens is 232 g/mol. The highest BCUT2D eigenvalue weighted by Crippen LogP contribution is 2.22. The van der Waals surface area contributed by atoms with Crippen LogP contribution >= 0.6 is 11.6 Å². The molecule has 92 valence electrons. The molecular formula is C14H19ClN2. The molecule has 17 heavy (non-hydrogen) atoms. The third kappa shape index (κ3) is 4.05. The van der Waals surface area contributed by atoms with Crippen LogP contribution < -0.4 is 11.1 Å². The summed E-state index contributed by atoms with van der Waals surface area (Å²) in [5, 5.41) is 4.09. The number of rotatable bonds is 6. The number of hydrogen-bond donors (Lipinski definition) is 2. The van der Waals surface area contributed by atoms with Crippen LogP contribution in [0.2, 0.25) is 5.02 Å². The molecule has 3 heteroatoms. The highest BCUT2D eigenvalue weighted by Gasteiger charge is 2.15. The average Bonchev–Trinajstić information content (AvgIpc) is 2.35. The lowest BCUT2D eigenvalue weighted by molar-refractivity contribution is 0.475. The van der Waals surface area contributed by atoms with Crippen molar-refractivity contribution in [2.75, 3.05) is 6.54 Å². The second kappa shape index (κ2) is 7.34. The molecule has 0 saturated carbocycles. The summed E-state index contributed by atoms with van der Waals surface area (Å²) in [7, 11) is 0. The fourth-order valence-corrected chi connectivity index (χ4v) is 2.06. The Labute approximate surface area is 109 Å². The van der Waals surface area contributed by atoms with Crippen molar-refractivity contribution in [3.05, 3.63) is 34.9 Å². The van der Waals surface area contributed by atoms with Crippen LogP contribution in [0.4, 0.5) is 0 Å². The maximum Gasteiger partial charge on any atom is 0.0692 e. The van der Waals surface area contributed by atoms with Crippen LogP contribution in [0.3, 0.4) is 0 Å². The van der Waals surface area contributed by atoms with E-state index in [0.717, 1.165) is 23.4 Å². The number of benzene rings is 1. The lowest BCUT2D eigenvalue weighted by Gasteiger charge is -2.22. The maximum atomic E-state index is 6.15. The molecule has 3 N–H and O–H groups in total. The molecule has 0 aromatic heterocycles. The van der Waals surface area contributed by atoms with Crippen molar-refractivity contribution in [3.8, 4) is 12.3 Å². The summed E-state index contributed by atoms with van der Waals surface area (Å²) in [5.74, 6) is 2.75. The second-order valence-corrected chi connectivity index (χ2v) is 4.39. The van der Waals surface area contributed by atoms with E-state index in [9.17, 15) is 0 Å². The largest absolute Gasteiger partial charge is 0.329 e. The zero-order valence-corrected chi connectivity index (χ0v) is 10.9. The van der Waals surface area contributed by atoms with E-state index < -0.39 is 0 Å². The van der Waals surface area contributed by atoms with E-state index in [1.165, 1.54) is 0 Å². The number of terminal acetylenes is 1. The van der Waals surface area contributed by atoms with Crippen molar-refractivity contribution in [1.29, 1.82) is 0 Å². The Morgan fingerprint density at radius 3 is 2.71 bits per heavy atom. The molecule has 0 aliphatic carbocycles. The van der Waals surface area contributed by atoms with Crippen molar-refractivity contribution in [2.24, 2.45) is 5.73 Å². The summed E-state index contributed by atoms with van der Waals surface area (Å²) >= 11 is 6.15. The fraction of sp³-hybridized carbons (Fsp3) is 0.429. The Morgan fingerprint density at radius 2 is 2.18 bits per heavy atom. The quantitative estimate of drug-likeness (QED) is 0.762. The molecule has 1 rings (SSSR count). The Balaban J connectivity index is 2.79. The zero-order chi connectivity index (χ0) is 12.7. The topological polar surface area (TPSA) is 38.0 Å². The van der Waals surface area contributed by atoms with Gasteiger partial charge in [-0.2, -0.15) is 0 Å². The van der Waals surface area contributed by atoms with Gasteiger partial charge in [0.2, 0.25) is 0 Å². The molecule has 1 aromatic rings. The van der Waals surface area contributed by atoms with Crippen LogP contribution in [0.1, 0.15) is 31.4 Å². The normalized spacial score (nSPS) is 14.0. The van der Waals surface area contributed by atoms with Crippen molar-refractivity contribution >= 4 is 11.6 Å². The highest BCUT2D eigenvalue weighted by molar-refractivity contribution is 6.31. The van der Waals surface area contributed by atoms with E-state index in [0.29, 0.717) is 6.54 Å². The summed E-state index contributed by atoms with van der Waals surface area (Å²) in [6.07, 6.45) is 7.48. The van der Waals surface area contributed by atoms with Crippen molar-refractivity contribution in [2.45, 2.75) is 31.8 Å². The molecule has 0 saturated heterocycles. The van der Waals surface area contributed by atoms with E-state index in [1.54, 1.807) is 0 Å². The Hall–Kier alpha value is -1.01. The maximum absolute atomic E-state index is 6.15. The minimum atomic E-state index is 0.0105. The smallest absolute Gasteiger partial charge is 0.0692 e. The van der Waals surface area contributed by atoms with E-state index in [-0.39, 0.29) is 12.1 Å². The second-order valence-electron chi connectivity index (χ2n) is 3.98. The van der Waals surface area contributed by atoms with Gasteiger partial charge in [-0.15, -0.1) is 6.42 Å². The van der Waals surface area contributed by atoms with Gasteiger partial charge in [0.15, 0.2) is 0 Å². The minimum absolute atomic E-state index is 0.0105. The van der Waals surface area contributed by atoms with Crippen LogP contribution in [0.15, 0.2) is 24.3 Å². The first-order valence-electron chi connectivity index (χ1n) is 5.89. The number of hydrogen-bond acceptors (Lipinski definition) is 2. The molecule has 0 heterocycles. The van der Waals surface area contributed by atoms with Crippen LogP contribution in [-0.4, -0.2) is 12.6 Å². The third-order valence-corrected chi connectivity index (χ3v) is 3.04. The average molecular weight is 251 g/mol. The number of nitrogens with one attached hydrogen (secondary N) is 1. The van der Waals surface area contributed by atoms with Gasteiger partial charge in [-0.1, -0.05) is 49.1 Å². The summed E-state index contributed by atoms with van der Waals surface area (Å²) in [5.41, 5.74) is 6.79. The fourth-order valence-electron chi connectivity index (χ4n) is 1.79. The Bertz CT molecular complexity index is 384. The molecule has 0 spiro atoms. The van der Waals surface area contributed by atoms with Gasteiger partial charge in [0.05, 0.1) is 6.04 Å². The van der Waals surface area contributed by atoms with Crippen molar-refractivity contribution < 1.29 is 0 Å². The van der Waals surface area contributed by atoms with Crippen LogP contribution in [0.5, 0.6) is 0 Å². The van der Waals surface area contributed by atoms with Gasteiger partial charge in [0.25, 0.3) is 0 Å². The summed E-state index contributed by atoms with van der Waals surface area (Å²) < 4.78 is 0. The molecule has 0 bridgehead atoms. The molecule has 1 aromatic carbocycles. The minimum Gasteiger partial charge on any atom is -0.329 e. The molecule has 2 nitrogen and oxygen atoms in total. The number of nitrogens with two attached hydrogens (primary N) is 1. The van der Waals surface area contributed by atoms with Gasteiger partial charge in [-0.05, 0) is 18.1 Å². The summed E-state index contributed by atoms with van der Waals surface area (Å²) in [6, 6.07) is 7.76. The summed E-state index contributed by atoms with van der Waals surface area (Å²) in [6.45, 7) is 2.59. The van der Waals surface area contributed by atoms with Gasteiger partial charge in [-0.25, -0.2) is 0 Å². The Morgan fingerprint density at radius 1 is 1.47 bits per heavy atom. The predicted molar refractivity (Wildman–Crippen MR) is 73.9 cm³/mol. The van der Waals surface area contributed by atoms with Gasteiger partial charge >= 0.3 is 0 Å². The zero-order valence-electron chi connectivity index (χ0n) is 10.1. The van der Waals surface area contributed by atoms with Crippen molar-refractivity contribution in [1.82, 2.24) is 5.32 Å².